The predicted octanol–water partition coefficient (Wildman–Crippen LogP) is 4.39. The second kappa shape index (κ2) is 8.89. The van der Waals surface area contributed by atoms with Crippen molar-refractivity contribution in [1.29, 1.82) is 0 Å². The van der Waals surface area contributed by atoms with E-state index in [1.54, 1.807) is 14.0 Å². The van der Waals surface area contributed by atoms with Gasteiger partial charge in [0.25, 0.3) is 0 Å². The molecule has 0 aromatic heterocycles. The molecule has 1 saturated heterocycles. The zero-order chi connectivity index (χ0) is 19.4. The highest BCUT2D eigenvalue weighted by atomic mass is 79.9. The molecule has 1 heterocycles. The van der Waals surface area contributed by atoms with Crippen molar-refractivity contribution in [1.82, 2.24) is 10.2 Å². The predicted molar refractivity (Wildman–Crippen MR) is 112 cm³/mol. The van der Waals surface area contributed by atoms with Crippen molar-refractivity contribution in [3.05, 3.63) is 63.1 Å². The maximum atomic E-state index is 12.1. The summed E-state index contributed by atoms with van der Waals surface area (Å²) in [6.07, 6.45) is 2.73. The standard InChI is InChI=1S/C22H27BrN2O2/c1-15-6-4-7-20(22-24-12-5-13-25(22)16(2)26)19(15)10-8-17-14-18(23)9-11-21(17)27-3/h4,6-7,9,11,14,22,24H,5,8,10,12-13H2,1-3H3. The Bertz CT molecular complexity index is 822. The topological polar surface area (TPSA) is 41.6 Å². The molecule has 0 spiro atoms. The van der Waals surface area contributed by atoms with Gasteiger partial charge < -0.3 is 9.64 Å². The van der Waals surface area contributed by atoms with Crippen LogP contribution >= 0.6 is 15.9 Å². The van der Waals surface area contributed by atoms with Gasteiger partial charge >= 0.3 is 0 Å². The van der Waals surface area contributed by atoms with Crippen LogP contribution in [0.2, 0.25) is 0 Å². The highest BCUT2D eigenvalue weighted by Gasteiger charge is 2.27. The van der Waals surface area contributed by atoms with Crippen molar-refractivity contribution in [3.63, 3.8) is 0 Å². The molecule has 1 aliphatic rings. The van der Waals surface area contributed by atoms with Crippen molar-refractivity contribution >= 4 is 21.8 Å². The molecule has 1 N–H and O–H groups in total. The van der Waals surface area contributed by atoms with Gasteiger partial charge in [0.2, 0.25) is 5.91 Å². The van der Waals surface area contributed by atoms with Crippen LogP contribution in [0.25, 0.3) is 0 Å². The molecular formula is C22H27BrN2O2. The lowest BCUT2D eigenvalue weighted by molar-refractivity contribution is -0.133. The average Bonchev–Trinajstić information content (AvgIpc) is 2.67. The Balaban J connectivity index is 1.90. The lowest BCUT2D eigenvalue weighted by atomic mass is 9.93. The number of nitrogens with one attached hydrogen (secondary N) is 1. The largest absolute Gasteiger partial charge is 0.496 e. The summed E-state index contributed by atoms with van der Waals surface area (Å²) in [7, 11) is 1.71. The van der Waals surface area contributed by atoms with Gasteiger partial charge in [-0.15, -0.1) is 0 Å². The number of carbonyl (C=O) groups excluding carboxylic acids is 1. The molecule has 1 fully saturated rings. The van der Waals surface area contributed by atoms with Crippen molar-refractivity contribution in [2.24, 2.45) is 0 Å². The van der Waals surface area contributed by atoms with E-state index in [1.165, 1.54) is 22.3 Å². The number of hydrogen-bond acceptors (Lipinski definition) is 3. The minimum atomic E-state index is -0.0458. The number of methoxy groups -OCH3 is 1. The van der Waals surface area contributed by atoms with Gasteiger partial charge in [-0.3, -0.25) is 10.1 Å². The second-order valence-electron chi connectivity index (χ2n) is 7.02. The normalized spacial score (nSPS) is 17.0. The van der Waals surface area contributed by atoms with Crippen molar-refractivity contribution < 1.29 is 9.53 Å². The van der Waals surface area contributed by atoms with Crippen LogP contribution in [0, 0.1) is 6.92 Å². The number of halogens is 1. The minimum absolute atomic E-state index is 0.0458. The number of hydrogen-bond donors (Lipinski definition) is 1. The molecule has 0 aliphatic carbocycles. The maximum absolute atomic E-state index is 12.1. The van der Waals surface area contributed by atoms with Crippen molar-refractivity contribution in [2.75, 3.05) is 20.2 Å². The molecule has 0 radical (unpaired) electrons. The smallest absolute Gasteiger partial charge is 0.220 e. The number of nitrogens with zero attached hydrogens (tertiary/aromatic N) is 1. The van der Waals surface area contributed by atoms with E-state index in [0.717, 1.165) is 42.6 Å². The third-order valence-electron chi connectivity index (χ3n) is 5.26. The third-order valence-corrected chi connectivity index (χ3v) is 5.75. The summed E-state index contributed by atoms with van der Waals surface area (Å²) in [4.78, 5) is 14.1. The lowest BCUT2D eigenvalue weighted by Gasteiger charge is -2.37. The molecule has 0 saturated carbocycles. The van der Waals surface area contributed by atoms with Crippen LogP contribution in [0.3, 0.4) is 0 Å². The van der Waals surface area contributed by atoms with E-state index in [-0.39, 0.29) is 12.1 Å². The number of rotatable bonds is 5. The Kier molecular flexibility index (Phi) is 6.55. The third kappa shape index (κ3) is 4.53. The summed E-state index contributed by atoms with van der Waals surface area (Å²) in [5.41, 5.74) is 4.96. The number of ether oxygens (including phenoxy) is 1. The quantitative estimate of drug-likeness (QED) is 0.764. The van der Waals surface area contributed by atoms with Crippen LogP contribution in [0.1, 0.15) is 41.8 Å². The molecular weight excluding hydrogens is 404 g/mol. The zero-order valence-corrected chi connectivity index (χ0v) is 17.8. The van der Waals surface area contributed by atoms with E-state index < -0.39 is 0 Å². The van der Waals surface area contributed by atoms with E-state index >= 15 is 0 Å². The monoisotopic (exact) mass is 430 g/mol. The van der Waals surface area contributed by atoms with Gasteiger partial charge in [0.15, 0.2) is 0 Å². The molecule has 2 aromatic rings. The zero-order valence-electron chi connectivity index (χ0n) is 16.2. The van der Waals surface area contributed by atoms with E-state index in [2.05, 4.69) is 52.4 Å². The van der Waals surface area contributed by atoms with Gasteiger partial charge in [-0.2, -0.15) is 0 Å². The highest BCUT2D eigenvalue weighted by molar-refractivity contribution is 9.10. The van der Waals surface area contributed by atoms with Gasteiger partial charge in [0.1, 0.15) is 11.9 Å². The summed E-state index contributed by atoms with van der Waals surface area (Å²) in [5.74, 6) is 1.03. The van der Waals surface area contributed by atoms with Crippen LogP contribution in [-0.4, -0.2) is 31.0 Å². The van der Waals surface area contributed by atoms with Gasteiger partial charge in [-0.1, -0.05) is 34.1 Å². The van der Waals surface area contributed by atoms with Crippen LogP contribution < -0.4 is 10.1 Å². The van der Waals surface area contributed by atoms with Crippen molar-refractivity contribution in [3.8, 4) is 5.75 Å². The van der Waals surface area contributed by atoms with Crippen LogP contribution in [0.15, 0.2) is 40.9 Å². The fourth-order valence-corrected chi connectivity index (χ4v) is 4.28. The molecule has 0 bridgehead atoms. The first kappa shape index (κ1) is 19.9. The van der Waals surface area contributed by atoms with Gasteiger partial charge in [0, 0.05) is 17.9 Å². The molecule has 1 unspecified atom stereocenters. The van der Waals surface area contributed by atoms with Crippen LogP contribution in [-0.2, 0) is 17.6 Å². The molecule has 27 heavy (non-hydrogen) atoms. The molecule has 144 valence electrons. The number of benzene rings is 2. The maximum Gasteiger partial charge on any atom is 0.220 e. The number of amides is 1. The summed E-state index contributed by atoms with van der Waals surface area (Å²) in [6.45, 7) is 5.54. The molecule has 5 heteroatoms. The first-order valence-electron chi connectivity index (χ1n) is 9.42. The van der Waals surface area contributed by atoms with E-state index in [4.69, 9.17) is 4.74 Å². The summed E-state index contributed by atoms with van der Waals surface area (Å²) >= 11 is 3.56. The number of carbonyl (C=O) groups is 1. The van der Waals surface area contributed by atoms with E-state index in [1.807, 2.05) is 17.0 Å². The molecule has 1 atom stereocenters. The Morgan fingerprint density at radius 3 is 2.85 bits per heavy atom. The molecule has 1 aliphatic heterocycles. The Labute approximate surface area is 170 Å². The highest BCUT2D eigenvalue weighted by Crippen LogP contribution is 2.30. The fourth-order valence-electron chi connectivity index (χ4n) is 3.87. The van der Waals surface area contributed by atoms with Crippen LogP contribution in [0.4, 0.5) is 0 Å². The Morgan fingerprint density at radius 2 is 2.11 bits per heavy atom. The first-order valence-corrected chi connectivity index (χ1v) is 10.2. The van der Waals surface area contributed by atoms with Gasteiger partial charge in [-0.25, -0.2) is 0 Å². The van der Waals surface area contributed by atoms with Crippen LogP contribution in [0.5, 0.6) is 5.75 Å². The molecule has 4 nitrogen and oxygen atoms in total. The average molecular weight is 431 g/mol. The summed E-state index contributed by atoms with van der Waals surface area (Å²) < 4.78 is 6.58. The van der Waals surface area contributed by atoms with Crippen molar-refractivity contribution in [2.45, 2.75) is 39.3 Å². The molecule has 3 rings (SSSR count). The fraction of sp³-hybridized carbons (Fsp3) is 0.409. The van der Waals surface area contributed by atoms with E-state index in [0.29, 0.717) is 0 Å². The summed E-state index contributed by atoms with van der Waals surface area (Å²) in [6, 6.07) is 12.5. The number of aryl methyl sites for hydroxylation is 2. The Hall–Kier alpha value is -1.85. The SMILES string of the molecule is COc1ccc(Br)cc1CCc1c(C)cccc1C1NCCCN1C(C)=O. The lowest BCUT2D eigenvalue weighted by Crippen LogP contribution is -2.47. The molecule has 1 amide bonds. The summed E-state index contributed by atoms with van der Waals surface area (Å²) in [5, 5.41) is 3.54. The van der Waals surface area contributed by atoms with Gasteiger partial charge in [-0.05, 0) is 73.2 Å². The minimum Gasteiger partial charge on any atom is -0.496 e. The second-order valence-corrected chi connectivity index (χ2v) is 7.94. The first-order chi connectivity index (χ1) is 13.0. The van der Waals surface area contributed by atoms with Gasteiger partial charge in [0.05, 0.1) is 7.11 Å². The van der Waals surface area contributed by atoms with E-state index in [9.17, 15) is 4.79 Å². The Morgan fingerprint density at radius 1 is 1.30 bits per heavy atom. The molecule has 2 aromatic carbocycles.